The molecule has 0 spiro atoms. The molecule has 1 N–H and O–H groups in total. The van der Waals surface area contributed by atoms with Gasteiger partial charge < -0.3 is 10.0 Å². The highest BCUT2D eigenvalue weighted by Crippen LogP contribution is 2.11. The minimum Gasteiger partial charge on any atom is -0.396 e. The van der Waals surface area contributed by atoms with Gasteiger partial charge in [-0.1, -0.05) is 25.1 Å². The molecule has 0 fully saturated rings. The van der Waals surface area contributed by atoms with Gasteiger partial charge in [0.05, 0.1) is 0 Å². The van der Waals surface area contributed by atoms with Crippen molar-refractivity contribution in [1.82, 2.24) is 4.90 Å². The van der Waals surface area contributed by atoms with E-state index in [1.807, 2.05) is 18.0 Å². The fourth-order valence-electron chi connectivity index (χ4n) is 1.74. The van der Waals surface area contributed by atoms with E-state index in [0.29, 0.717) is 12.1 Å². The number of aliphatic hydroxyl groups excluding tert-OH is 1. The van der Waals surface area contributed by atoms with E-state index < -0.39 is 0 Å². The van der Waals surface area contributed by atoms with Gasteiger partial charge in [0.1, 0.15) is 5.82 Å². The van der Waals surface area contributed by atoms with E-state index in [-0.39, 0.29) is 18.3 Å². The number of halogens is 1. The largest absolute Gasteiger partial charge is 0.396 e. The van der Waals surface area contributed by atoms with Crippen molar-refractivity contribution < 1.29 is 9.50 Å². The number of benzene rings is 1. The molecule has 1 atom stereocenters. The van der Waals surface area contributed by atoms with Crippen LogP contribution in [0.15, 0.2) is 24.3 Å². The van der Waals surface area contributed by atoms with E-state index in [4.69, 9.17) is 5.11 Å². The lowest BCUT2D eigenvalue weighted by atomic mass is 10.1. The SMILES string of the molecule is CCC(CO)CN(C)Cc1ccccc1F. The first-order valence-corrected chi connectivity index (χ1v) is 5.70. The van der Waals surface area contributed by atoms with Gasteiger partial charge in [0.25, 0.3) is 0 Å². The summed E-state index contributed by atoms with van der Waals surface area (Å²) in [5.74, 6) is 0.114. The molecule has 2 nitrogen and oxygen atoms in total. The lowest BCUT2D eigenvalue weighted by Gasteiger charge is -2.21. The predicted molar refractivity (Wildman–Crippen MR) is 63.6 cm³/mol. The van der Waals surface area contributed by atoms with Crippen LogP contribution in [0.3, 0.4) is 0 Å². The summed E-state index contributed by atoms with van der Waals surface area (Å²) in [4.78, 5) is 2.04. The van der Waals surface area contributed by atoms with Gasteiger partial charge in [0, 0.05) is 25.3 Å². The Hall–Kier alpha value is -0.930. The minimum absolute atomic E-state index is 0.161. The topological polar surface area (TPSA) is 23.5 Å². The van der Waals surface area contributed by atoms with Crippen LogP contribution in [-0.4, -0.2) is 30.2 Å². The Morgan fingerprint density at radius 1 is 1.38 bits per heavy atom. The van der Waals surface area contributed by atoms with Crippen LogP contribution in [-0.2, 0) is 6.54 Å². The summed E-state index contributed by atoms with van der Waals surface area (Å²) >= 11 is 0. The van der Waals surface area contributed by atoms with Crippen molar-refractivity contribution in [3.05, 3.63) is 35.6 Å². The number of rotatable bonds is 6. The highest BCUT2D eigenvalue weighted by molar-refractivity contribution is 5.16. The Morgan fingerprint density at radius 2 is 2.06 bits per heavy atom. The maximum absolute atomic E-state index is 13.4. The quantitative estimate of drug-likeness (QED) is 0.803. The molecule has 0 aromatic heterocycles. The van der Waals surface area contributed by atoms with E-state index in [9.17, 15) is 4.39 Å². The summed E-state index contributed by atoms with van der Waals surface area (Å²) in [6.07, 6.45) is 0.943. The Morgan fingerprint density at radius 3 is 2.62 bits per heavy atom. The molecular formula is C13H20FNO. The summed E-state index contributed by atoms with van der Waals surface area (Å²) in [5, 5.41) is 9.09. The van der Waals surface area contributed by atoms with Gasteiger partial charge in [-0.3, -0.25) is 0 Å². The third-order valence-corrected chi connectivity index (χ3v) is 2.80. The zero-order valence-corrected chi connectivity index (χ0v) is 9.99. The van der Waals surface area contributed by atoms with Crippen LogP contribution in [0.1, 0.15) is 18.9 Å². The van der Waals surface area contributed by atoms with Crippen LogP contribution < -0.4 is 0 Å². The Bertz CT molecular complexity index is 313. The summed E-state index contributed by atoms with van der Waals surface area (Å²) in [7, 11) is 1.95. The van der Waals surface area contributed by atoms with Gasteiger partial charge in [-0.05, 0) is 25.5 Å². The number of nitrogens with zero attached hydrogens (tertiary/aromatic N) is 1. The van der Waals surface area contributed by atoms with Crippen LogP contribution in [0.25, 0.3) is 0 Å². The number of hydrogen-bond donors (Lipinski definition) is 1. The number of aliphatic hydroxyl groups is 1. The maximum Gasteiger partial charge on any atom is 0.127 e. The molecule has 16 heavy (non-hydrogen) atoms. The molecule has 0 aliphatic carbocycles. The van der Waals surface area contributed by atoms with Crippen molar-refractivity contribution in [2.45, 2.75) is 19.9 Å². The lowest BCUT2D eigenvalue weighted by Crippen LogP contribution is -2.27. The molecule has 0 radical (unpaired) electrons. The van der Waals surface area contributed by atoms with E-state index in [1.165, 1.54) is 6.07 Å². The van der Waals surface area contributed by atoms with Crippen LogP contribution in [0.5, 0.6) is 0 Å². The van der Waals surface area contributed by atoms with Crippen molar-refractivity contribution in [2.24, 2.45) is 5.92 Å². The van der Waals surface area contributed by atoms with E-state index in [1.54, 1.807) is 12.1 Å². The molecule has 0 bridgehead atoms. The summed E-state index contributed by atoms with van der Waals surface area (Å²) in [6, 6.07) is 6.81. The molecule has 0 amide bonds. The second-order valence-corrected chi connectivity index (χ2v) is 4.25. The monoisotopic (exact) mass is 225 g/mol. The molecule has 0 aliphatic rings. The smallest absolute Gasteiger partial charge is 0.127 e. The Labute approximate surface area is 96.7 Å². The van der Waals surface area contributed by atoms with Crippen molar-refractivity contribution in [3.63, 3.8) is 0 Å². The highest BCUT2D eigenvalue weighted by Gasteiger charge is 2.10. The maximum atomic E-state index is 13.4. The summed E-state index contributed by atoms with van der Waals surface area (Å²) < 4.78 is 13.4. The first-order chi connectivity index (χ1) is 7.67. The van der Waals surface area contributed by atoms with Crippen molar-refractivity contribution in [2.75, 3.05) is 20.2 Å². The summed E-state index contributed by atoms with van der Waals surface area (Å²) in [5.41, 5.74) is 0.706. The molecule has 0 saturated heterocycles. The average Bonchev–Trinajstić information content (AvgIpc) is 2.29. The van der Waals surface area contributed by atoms with Gasteiger partial charge in [0.15, 0.2) is 0 Å². The Kier molecular flexibility index (Phi) is 5.43. The second kappa shape index (κ2) is 6.61. The normalized spacial score (nSPS) is 13.1. The van der Waals surface area contributed by atoms with Crippen LogP contribution in [0.4, 0.5) is 4.39 Å². The van der Waals surface area contributed by atoms with Crippen molar-refractivity contribution in [3.8, 4) is 0 Å². The first-order valence-electron chi connectivity index (χ1n) is 5.70. The van der Waals surface area contributed by atoms with Crippen molar-refractivity contribution in [1.29, 1.82) is 0 Å². The first kappa shape index (κ1) is 13.1. The Balaban J connectivity index is 2.51. The molecular weight excluding hydrogens is 205 g/mol. The van der Waals surface area contributed by atoms with E-state index in [2.05, 4.69) is 6.92 Å². The lowest BCUT2D eigenvalue weighted by molar-refractivity contribution is 0.172. The zero-order chi connectivity index (χ0) is 12.0. The second-order valence-electron chi connectivity index (χ2n) is 4.25. The van der Waals surface area contributed by atoms with Crippen LogP contribution >= 0.6 is 0 Å². The van der Waals surface area contributed by atoms with Crippen LogP contribution in [0, 0.1) is 11.7 Å². The van der Waals surface area contributed by atoms with Gasteiger partial charge in [-0.2, -0.15) is 0 Å². The average molecular weight is 225 g/mol. The molecule has 3 heteroatoms. The molecule has 0 heterocycles. The van der Waals surface area contributed by atoms with Gasteiger partial charge in [-0.25, -0.2) is 4.39 Å². The highest BCUT2D eigenvalue weighted by atomic mass is 19.1. The molecule has 1 unspecified atom stereocenters. The van der Waals surface area contributed by atoms with Gasteiger partial charge >= 0.3 is 0 Å². The van der Waals surface area contributed by atoms with E-state index in [0.717, 1.165) is 13.0 Å². The number of hydrogen-bond acceptors (Lipinski definition) is 2. The standard InChI is InChI=1S/C13H20FNO/c1-3-11(10-16)8-15(2)9-12-6-4-5-7-13(12)14/h4-7,11,16H,3,8-10H2,1-2H3. The van der Waals surface area contributed by atoms with Crippen molar-refractivity contribution >= 4 is 0 Å². The molecule has 1 aromatic carbocycles. The predicted octanol–water partition coefficient (Wildman–Crippen LogP) is 2.28. The third kappa shape index (κ3) is 3.91. The fourth-order valence-corrected chi connectivity index (χ4v) is 1.74. The van der Waals surface area contributed by atoms with Gasteiger partial charge in [-0.15, -0.1) is 0 Å². The zero-order valence-electron chi connectivity index (χ0n) is 9.99. The molecule has 1 rings (SSSR count). The minimum atomic E-state index is -0.161. The van der Waals surface area contributed by atoms with E-state index >= 15 is 0 Å². The molecule has 1 aromatic rings. The fraction of sp³-hybridized carbons (Fsp3) is 0.538. The third-order valence-electron chi connectivity index (χ3n) is 2.80. The molecule has 0 saturated carbocycles. The summed E-state index contributed by atoms with van der Waals surface area (Å²) in [6.45, 7) is 3.63. The van der Waals surface area contributed by atoms with Crippen LogP contribution in [0.2, 0.25) is 0 Å². The van der Waals surface area contributed by atoms with Gasteiger partial charge in [0.2, 0.25) is 0 Å². The molecule has 90 valence electrons. The molecule has 0 aliphatic heterocycles.